The first-order valence-corrected chi connectivity index (χ1v) is 5.62. The number of nitrogens with zero attached hydrogens (tertiary/aromatic N) is 2. The summed E-state index contributed by atoms with van der Waals surface area (Å²) in [5, 5.41) is 3.34. The fourth-order valence-electron chi connectivity index (χ4n) is 2.08. The molecule has 0 saturated carbocycles. The van der Waals surface area contributed by atoms with Crippen molar-refractivity contribution in [3.05, 3.63) is 16.2 Å². The molecule has 82 valence electrons. The molecule has 1 aliphatic heterocycles. The van der Waals surface area contributed by atoms with Crippen LogP contribution in [-0.4, -0.2) is 36.1 Å². The van der Waals surface area contributed by atoms with Crippen molar-refractivity contribution in [3.63, 3.8) is 0 Å². The van der Waals surface area contributed by atoms with Crippen molar-refractivity contribution < 1.29 is 0 Å². The van der Waals surface area contributed by atoms with Gasteiger partial charge in [0.15, 0.2) is 4.77 Å². The molecule has 0 aliphatic carbocycles. The van der Waals surface area contributed by atoms with Crippen molar-refractivity contribution in [1.82, 2.24) is 15.3 Å². The van der Waals surface area contributed by atoms with Gasteiger partial charge in [-0.2, -0.15) is 0 Å². The highest BCUT2D eigenvalue weighted by molar-refractivity contribution is 7.71. The van der Waals surface area contributed by atoms with Crippen LogP contribution in [0.5, 0.6) is 0 Å². The Bertz CT molecular complexity index is 380. The zero-order valence-electron chi connectivity index (χ0n) is 9.13. The Balaban J connectivity index is 2.38. The highest BCUT2D eigenvalue weighted by atomic mass is 32.1. The molecule has 0 radical (unpaired) electrons. The van der Waals surface area contributed by atoms with Gasteiger partial charge in [-0.3, -0.25) is 0 Å². The minimum absolute atomic E-state index is 0.573. The Hall–Kier alpha value is -0.940. The Morgan fingerprint density at radius 1 is 1.27 bits per heavy atom. The Kier molecular flexibility index (Phi) is 3.02. The van der Waals surface area contributed by atoms with Gasteiger partial charge in [0.2, 0.25) is 0 Å². The summed E-state index contributed by atoms with van der Waals surface area (Å²) in [5.41, 5.74) is 3.36. The zero-order valence-corrected chi connectivity index (χ0v) is 9.95. The second-order valence-corrected chi connectivity index (χ2v) is 4.22. The molecule has 1 fully saturated rings. The van der Waals surface area contributed by atoms with Crippen molar-refractivity contribution in [2.75, 3.05) is 31.1 Å². The Morgan fingerprint density at radius 2 is 1.93 bits per heavy atom. The van der Waals surface area contributed by atoms with Crippen LogP contribution in [-0.2, 0) is 0 Å². The SMILES string of the molecule is Cc1nc(=S)[nH]c(C)c1N1CCNCC1. The summed E-state index contributed by atoms with van der Waals surface area (Å²) in [4.78, 5) is 9.79. The van der Waals surface area contributed by atoms with Gasteiger partial charge in [0.05, 0.1) is 11.4 Å². The average Bonchev–Trinajstić information content (AvgIpc) is 2.17. The van der Waals surface area contributed by atoms with Crippen LogP contribution < -0.4 is 10.2 Å². The lowest BCUT2D eigenvalue weighted by molar-refractivity contribution is 0.585. The lowest BCUT2D eigenvalue weighted by Crippen LogP contribution is -2.44. The predicted octanol–water partition coefficient (Wildman–Crippen LogP) is 1.17. The molecule has 1 aliphatic rings. The number of piperazine rings is 1. The Labute approximate surface area is 94.7 Å². The van der Waals surface area contributed by atoms with Crippen LogP contribution in [0.2, 0.25) is 0 Å². The van der Waals surface area contributed by atoms with E-state index in [0.29, 0.717) is 4.77 Å². The maximum absolute atomic E-state index is 5.05. The van der Waals surface area contributed by atoms with Gasteiger partial charge >= 0.3 is 0 Å². The van der Waals surface area contributed by atoms with Crippen molar-refractivity contribution in [3.8, 4) is 0 Å². The van der Waals surface area contributed by atoms with E-state index >= 15 is 0 Å². The maximum atomic E-state index is 5.05. The average molecular weight is 224 g/mol. The van der Waals surface area contributed by atoms with E-state index < -0.39 is 0 Å². The molecular formula is C10H16N4S. The van der Waals surface area contributed by atoms with Crippen LogP contribution >= 0.6 is 12.2 Å². The molecule has 0 aromatic carbocycles. The molecule has 0 spiro atoms. The van der Waals surface area contributed by atoms with E-state index in [1.807, 2.05) is 6.92 Å². The maximum Gasteiger partial charge on any atom is 0.197 e. The monoisotopic (exact) mass is 224 g/mol. The van der Waals surface area contributed by atoms with E-state index in [4.69, 9.17) is 12.2 Å². The third kappa shape index (κ3) is 2.18. The van der Waals surface area contributed by atoms with Crippen molar-refractivity contribution in [2.45, 2.75) is 13.8 Å². The van der Waals surface area contributed by atoms with Gasteiger partial charge in [-0.05, 0) is 26.1 Å². The summed E-state index contributed by atoms with van der Waals surface area (Å²) in [7, 11) is 0. The van der Waals surface area contributed by atoms with Gasteiger partial charge in [-0.15, -0.1) is 0 Å². The van der Waals surface area contributed by atoms with Crippen LogP contribution in [0.15, 0.2) is 0 Å². The van der Waals surface area contributed by atoms with E-state index in [0.717, 1.165) is 37.6 Å². The summed E-state index contributed by atoms with van der Waals surface area (Å²) in [6.07, 6.45) is 0. The molecule has 0 amide bonds. The van der Waals surface area contributed by atoms with E-state index in [1.54, 1.807) is 0 Å². The second kappa shape index (κ2) is 4.28. The lowest BCUT2D eigenvalue weighted by Gasteiger charge is -2.31. The van der Waals surface area contributed by atoms with Crippen LogP contribution in [0.25, 0.3) is 0 Å². The Morgan fingerprint density at radius 3 is 2.53 bits per heavy atom. The number of rotatable bonds is 1. The first-order valence-electron chi connectivity index (χ1n) is 5.21. The number of aromatic amines is 1. The molecule has 1 saturated heterocycles. The summed E-state index contributed by atoms with van der Waals surface area (Å²) in [6.45, 7) is 8.22. The highest BCUT2D eigenvalue weighted by Crippen LogP contribution is 2.21. The number of aromatic nitrogens is 2. The standard InChI is InChI=1S/C10H16N4S/c1-7-9(8(2)13-10(15)12-7)14-5-3-11-4-6-14/h11H,3-6H2,1-2H3,(H,12,13,15). The zero-order chi connectivity index (χ0) is 10.8. The van der Waals surface area contributed by atoms with E-state index in [2.05, 4.69) is 27.1 Å². The molecule has 5 heteroatoms. The molecule has 0 atom stereocenters. The quantitative estimate of drug-likeness (QED) is 0.703. The molecule has 0 unspecified atom stereocenters. The first kappa shape index (κ1) is 10.6. The number of hydrogen-bond acceptors (Lipinski definition) is 4. The fourth-order valence-corrected chi connectivity index (χ4v) is 2.37. The molecule has 0 bridgehead atoms. The summed E-state index contributed by atoms with van der Waals surface area (Å²) >= 11 is 5.05. The molecule has 2 heterocycles. The van der Waals surface area contributed by atoms with Crippen LogP contribution in [0.3, 0.4) is 0 Å². The molecule has 4 nitrogen and oxygen atoms in total. The van der Waals surface area contributed by atoms with Gasteiger partial charge in [0, 0.05) is 31.9 Å². The number of nitrogens with one attached hydrogen (secondary N) is 2. The summed E-state index contributed by atoms with van der Waals surface area (Å²) in [6, 6.07) is 0. The summed E-state index contributed by atoms with van der Waals surface area (Å²) in [5.74, 6) is 0. The van der Waals surface area contributed by atoms with Gasteiger partial charge in [0.1, 0.15) is 0 Å². The van der Waals surface area contributed by atoms with Gasteiger partial charge in [-0.25, -0.2) is 4.98 Å². The third-order valence-electron chi connectivity index (χ3n) is 2.69. The topological polar surface area (TPSA) is 44.0 Å². The van der Waals surface area contributed by atoms with Gasteiger partial charge < -0.3 is 15.2 Å². The molecule has 2 N–H and O–H groups in total. The summed E-state index contributed by atoms with van der Waals surface area (Å²) < 4.78 is 0.573. The minimum atomic E-state index is 0.573. The van der Waals surface area contributed by atoms with Crippen molar-refractivity contribution >= 4 is 17.9 Å². The fraction of sp³-hybridized carbons (Fsp3) is 0.600. The number of hydrogen-bond donors (Lipinski definition) is 2. The van der Waals surface area contributed by atoms with Crippen molar-refractivity contribution in [1.29, 1.82) is 0 Å². The van der Waals surface area contributed by atoms with Crippen LogP contribution in [0.1, 0.15) is 11.4 Å². The van der Waals surface area contributed by atoms with Crippen LogP contribution in [0, 0.1) is 18.6 Å². The smallest absolute Gasteiger partial charge is 0.197 e. The van der Waals surface area contributed by atoms with E-state index in [-0.39, 0.29) is 0 Å². The third-order valence-corrected chi connectivity index (χ3v) is 2.89. The second-order valence-electron chi connectivity index (χ2n) is 3.84. The molecule has 1 aromatic rings. The minimum Gasteiger partial charge on any atom is -0.366 e. The van der Waals surface area contributed by atoms with E-state index in [9.17, 15) is 0 Å². The first-order chi connectivity index (χ1) is 7.18. The van der Waals surface area contributed by atoms with Crippen molar-refractivity contribution in [2.24, 2.45) is 0 Å². The van der Waals surface area contributed by atoms with E-state index in [1.165, 1.54) is 5.69 Å². The van der Waals surface area contributed by atoms with Crippen LogP contribution in [0.4, 0.5) is 5.69 Å². The lowest BCUT2D eigenvalue weighted by atomic mass is 10.2. The number of aryl methyl sites for hydroxylation is 2. The molecule has 15 heavy (non-hydrogen) atoms. The predicted molar refractivity (Wildman–Crippen MR) is 64.0 cm³/mol. The molecule has 1 aromatic heterocycles. The number of anilines is 1. The largest absolute Gasteiger partial charge is 0.366 e. The molecular weight excluding hydrogens is 208 g/mol. The van der Waals surface area contributed by atoms with Gasteiger partial charge in [-0.1, -0.05) is 0 Å². The molecule has 2 rings (SSSR count). The number of H-pyrrole nitrogens is 1. The highest BCUT2D eigenvalue weighted by Gasteiger charge is 2.15. The normalized spacial score (nSPS) is 16.8. The van der Waals surface area contributed by atoms with Gasteiger partial charge in [0.25, 0.3) is 0 Å².